The lowest BCUT2D eigenvalue weighted by atomic mass is 9.97. The second kappa shape index (κ2) is 8.97. The van der Waals surface area contributed by atoms with Crippen molar-refractivity contribution in [1.29, 1.82) is 0 Å². The third-order valence-corrected chi connectivity index (χ3v) is 6.74. The Hall–Kier alpha value is -2.44. The van der Waals surface area contributed by atoms with Crippen LogP contribution in [0.5, 0.6) is 0 Å². The van der Waals surface area contributed by atoms with Gasteiger partial charge >= 0.3 is 0 Å². The van der Waals surface area contributed by atoms with Crippen molar-refractivity contribution >= 4 is 32.8 Å². The summed E-state index contributed by atoms with van der Waals surface area (Å²) >= 11 is 3.44. The van der Waals surface area contributed by atoms with Crippen LogP contribution >= 0.6 is 15.9 Å². The van der Waals surface area contributed by atoms with Gasteiger partial charge in [0.15, 0.2) is 5.43 Å². The second-order valence-corrected chi connectivity index (χ2v) is 9.10. The Morgan fingerprint density at radius 3 is 2.45 bits per heavy atom. The number of halogens is 1. The molecule has 31 heavy (non-hydrogen) atoms. The van der Waals surface area contributed by atoms with Crippen LogP contribution in [0.2, 0.25) is 0 Å². The molecule has 0 saturated heterocycles. The number of amides is 1. The van der Waals surface area contributed by atoms with Gasteiger partial charge in [-0.3, -0.25) is 9.59 Å². The zero-order valence-electron chi connectivity index (χ0n) is 18.2. The van der Waals surface area contributed by atoms with Crippen LogP contribution in [0.15, 0.2) is 56.1 Å². The molecule has 1 aliphatic rings. The molecule has 0 radical (unpaired) electrons. The average Bonchev–Trinajstić information content (AvgIpc) is 3.04. The minimum atomic E-state index is -0.422. The minimum absolute atomic E-state index is 0.131. The quantitative estimate of drug-likeness (QED) is 0.556. The number of carbonyl (C=O) groups excluding carboxylic acids is 1. The first kappa shape index (κ1) is 21.8. The van der Waals surface area contributed by atoms with E-state index in [2.05, 4.69) is 29.8 Å². The molecule has 1 atom stereocenters. The Labute approximate surface area is 190 Å². The van der Waals surface area contributed by atoms with Crippen LogP contribution in [0.4, 0.5) is 0 Å². The van der Waals surface area contributed by atoms with Crippen molar-refractivity contribution in [2.24, 2.45) is 0 Å². The molecule has 0 aliphatic carbocycles. The molecule has 5 nitrogen and oxygen atoms in total. The highest BCUT2D eigenvalue weighted by molar-refractivity contribution is 9.10. The topological polar surface area (TPSA) is 55.0 Å². The third-order valence-electron chi connectivity index (χ3n) is 6.25. The van der Waals surface area contributed by atoms with Crippen LogP contribution in [0.3, 0.4) is 0 Å². The van der Waals surface area contributed by atoms with E-state index in [0.717, 1.165) is 41.7 Å². The smallest absolute Gasteiger partial charge is 0.290 e. The lowest BCUT2D eigenvalue weighted by molar-refractivity contribution is -0.896. The Bertz CT molecular complexity index is 1170. The van der Waals surface area contributed by atoms with E-state index in [4.69, 9.17) is 4.42 Å². The molecular formula is C25H28BrN2O3+. The number of rotatable bonds is 7. The number of hydrogen-bond donors (Lipinski definition) is 1. The molecule has 3 aromatic rings. The maximum Gasteiger partial charge on any atom is 0.290 e. The first-order valence-electron chi connectivity index (χ1n) is 10.9. The van der Waals surface area contributed by atoms with Crippen LogP contribution in [0, 0.1) is 6.92 Å². The zero-order chi connectivity index (χ0) is 22.1. The summed E-state index contributed by atoms with van der Waals surface area (Å²) in [5.74, 6) is -0.0161. The van der Waals surface area contributed by atoms with Gasteiger partial charge in [0.2, 0.25) is 5.76 Å². The fraction of sp³-hybridized carbons (Fsp3) is 0.360. The van der Waals surface area contributed by atoms with E-state index in [1.54, 1.807) is 12.1 Å². The molecule has 1 aliphatic heterocycles. The number of hydrogen-bond acceptors (Lipinski definition) is 3. The molecule has 0 fully saturated rings. The molecule has 2 heterocycles. The number of benzene rings is 2. The maximum absolute atomic E-state index is 13.5. The van der Waals surface area contributed by atoms with E-state index in [9.17, 15) is 9.59 Å². The van der Waals surface area contributed by atoms with Crippen molar-refractivity contribution in [3.63, 3.8) is 0 Å². The molecule has 1 amide bonds. The van der Waals surface area contributed by atoms with Crippen molar-refractivity contribution in [2.75, 3.05) is 26.2 Å². The van der Waals surface area contributed by atoms with Crippen molar-refractivity contribution in [3.05, 3.63) is 79.6 Å². The molecule has 1 unspecified atom stereocenters. The van der Waals surface area contributed by atoms with Gasteiger partial charge in [0, 0.05) is 17.4 Å². The predicted molar refractivity (Wildman–Crippen MR) is 126 cm³/mol. The van der Waals surface area contributed by atoms with Gasteiger partial charge in [-0.1, -0.05) is 45.8 Å². The molecule has 2 aromatic carbocycles. The van der Waals surface area contributed by atoms with E-state index < -0.39 is 6.04 Å². The molecule has 1 N–H and O–H groups in total. The monoisotopic (exact) mass is 483 g/mol. The fourth-order valence-electron chi connectivity index (χ4n) is 4.42. The predicted octanol–water partition coefficient (Wildman–Crippen LogP) is 3.72. The highest BCUT2D eigenvalue weighted by Crippen LogP contribution is 2.38. The van der Waals surface area contributed by atoms with Crippen LogP contribution in [0.1, 0.15) is 53.6 Å². The SMILES string of the molecule is CC[NH+](CC)CCCN1C(=O)c2oc3ccc(Br)cc3c(=O)c2C1c1ccc(C)cc1. The maximum atomic E-state index is 13.5. The number of quaternary nitrogens is 1. The van der Waals surface area contributed by atoms with E-state index in [1.165, 1.54) is 4.90 Å². The number of nitrogens with one attached hydrogen (secondary N) is 1. The second-order valence-electron chi connectivity index (χ2n) is 8.19. The van der Waals surface area contributed by atoms with Crippen molar-refractivity contribution in [3.8, 4) is 0 Å². The minimum Gasteiger partial charge on any atom is -0.450 e. The zero-order valence-corrected chi connectivity index (χ0v) is 19.8. The van der Waals surface area contributed by atoms with Crippen LogP contribution < -0.4 is 10.3 Å². The summed E-state index contributed by atoms with van der Waals surface area (Å²) in [5, 5.41) is 0.493. The summed E-state index contributed by atoms with van der Waals surface area (Å²) in [6.07, 6.45) is 0.873. The van der Waals surface area contributed by atoms with Gasteiger partial charge in [0.05, 0.1) is 36.6 Å². The van der Waals surface area contributed by atoms with Gasteiger partial charge in [0.1, 0.15) is 5.58 Å². The summed E-state index contributed by atoms with van der Waals surface area (Å²) in [6, 6.07) is 13.0. The first-order chi connectivity index (χ1) is 14.9. The highest BCUT2D eigenvalue weighted by Gasteiger charge is 2.42. The van der Waals surface area contributed by atoms with Gasteiger partial charge in [0.25, 0.3) is 5.91 Å². The Morgan fingerprint density at radius 1 is 1.06 bits per heavy atom. The summed E-state index contributed by atoms with van der Waals surface area (Å²) in [5.41, 5.74) is 2.84. The van der Waals surface area contributed by atoms with Gasteiger partial charge in [-0.05, 0) is 44.5 Å². The Kier molecular flexibility index (Phi) is 6.30. The van der Waals surface area contributed by atoms with E-state index in [0.29, 0.717) is 23.1 Å². The van der Waals surface area contributed by atoms with Crippen LogP contribution in [-0.4, -0.2) is 37.0 Å². The Balaban J connectivity index is 1.80. The molecule has 6 heteroatoms. The number of fused-ring (bicyclic) bond motifs is 2. The van der Waals surface area contributed by atoms with E-state index in [1.807, 2.05) is 42.2 Å². The summed E-state index contributed by atoms with van der Waals surface area (Å²) in [7, 11) is 0. The van der Waals surface area contributed by atoms with Gasteiger partial charge in [-0.15, -0.1) is 0 Å². The third kappa shape index (κ3) is 4.06. The number of carbonyl (C=O) groups is 1. The molecular weight excluding hydrogens is 456 g/mol. The largest absolute Gasteiger partial charge is 0.450 e. The summed E-state index contributed by atoms with van der Waals surface area (Å²) < 4.78 is 6.82. The van der Waals surface area contributed by atoms with Gasteiger partial charge in [-0.2, -0.15) is 0 Å². The summed E-state index contributed by atoms with van der Waals surface area (Å²) in [4.78, 5) is 30.2. The molecule has 1 aromatic heterocycles. The van der Waals surface area contributed by atoms with Gasteiger partial charge < -0.3 is 14.2 Å². The molecule has 162 valence electrons. The normalized spacial score (nSPS) is 15.8. The molecule has 0 spiro atoms. The van der Waals surface area contributed by atoms with Crippen molar-refractivity contribution in [1.82, 2.24) is 4.90 Å². The van der Waals surface area contributed by atoms with Crippen LogP contribution in [-0.2, 0) is 0 Å². The van der Waals surface area contributed by atoms with Gasteiger partial charge in [-0.25, -0.2) is 0 Å². The highest BCUT2D eigenvalue weighted by atomic mass is 79.9. The van der Waals surface area contributed by atoms with Crippen molar-refractivity contribution in [2.45, 2.75) is 33.2 Å². The van der Waals surface area contributed by atoms with Crippen molar-refractivity contribution < 1.29 is 14.1 Å². The summed E-state index contributed by atoms with van der Waals surface area (Å²) in [6.45, 7) is 10.1. The number of aryl methyl sites for hydroxylation is 1. The molecule has 4 rings (SSSR count). The lowest BCUT2D eigenvalue weighted by Crippen LogP contribution is -3.11. The first-order valence-corrected chi connectivity index (χ1v) is 11.7. The van der Waals surface area contributed by atoms with E-state index >= 15 is 0 Å². The average molecular weight is 484 g/mol. The standard InChI is InChI=1S/C25H27BrN2O3/c1-4-27(5-2)13-6-14-28-22(17-9-7-16(3)8-10-17)21-23(29)19-15-18(26)11-12-20(19)31-24(21)25(28)30/h7-12,15,22H,4-6,13-14H2,1-3H3/p+1. The van der Waals surface area contributed by atoms with E-state index in [-0.39, 0.29) is 17.1 Å². The Morgan fingerprint density at radius 2 is 1.77 bits per heavy atom. The number of nitrogens with zero attached hydrogens (tertiary/aromatic N) is 1. The molecule has 0 saturated carbocycles. The lowest BCUT2D eigenvalue weighted by Gasteiger charge is -2.26. The fourth-order valence-corrected chi connectivity index (χ4v) is 4.78. The van der Waals surface area contributed by atoms with Crippen LogP contribution in [0.25, 0.3) is 11.0 Å². The molecule has 0 bridgehead atoms.